The van der Waals surface area contributed by atoms with Gasteiger partial charge >= 0.3 is 0 Å². The molecule has 0 fully saturated rings. The standard InChI is InChI=1S/C11H16N2O3S/c1-8(2)17(15,16)13-11(14)10-5-3-9(7-12)4-6-10/h3-6,8H,7,12H2,1-2H3,(H,13,14). The first-order chi connectivity index (χ1) is 7.86. The van der Waals surface area contributed by atoms with E-state index in [0.717, 1.165) is 5.56 Å². The minimum absolute atomic E-state index is 0.298. The molecule has 0 radical (unpaired) electrons. The Bertz CT molecular complexity index is 492. The second-order valence-electron chi connectivity index (χ2n) is 3.93. The number of nitrogens with one attached hydrogen (secondary N) is 1. The molecule has 6 heteroatoms. The van der Waals surface area contributed by atoms with E-state index >= 15 is 0 Å². The van der Waals surface area contributed by atoms with Gasteiger partial charge in [0.1, 0.15) is 0 Å². The summed E-state index contributed by atoms with van der Waals surface area (Å²) in [6.45, 7) is 3.40. The van der Waals surface area contributed by atoms with Crippen molar-refractivity contribution in [2.24, 2.45) is 5.73 Å². The molecule has 17 heavy (non-hydrogen) atoms. The van der Waals surface area contributed by atoms with E-state index in [1.807, 2.05) is 4.72 Å². The molecule has 0 aromatic heterocycles. The molecule has 1 rings (SSSR count). The maximum Gasteiger partial charge on any atom is 0.264 e. The van der Waals surface area contributed by atoms with E-state index in [1.54, 1.807) is 24.3 Å². The van der Waals surface area contributed by atoms with Gasteiger partial charge in [-0.15, -0.1) is 0 Å². The average Bonchev–Trinajstić information content (AvgIpc) is 2.28. The van der Waals surface area contributed by atoms with E-state index in [2.05, 4.69) is 0 Å². The number of hydrogen-bond acceptors (Lipinski definition) is 4. The Kier molecular flexibility index (Phi) is 4.25. The number of benzene rings is 1. The Hall–Kier alpha value is -1.40. The van der Waals surface area contributed by atoms with Gasteiger partial charge in [0.2, 0.25) is 10.0 Å². The quantitative estimate of drug-likeness (QED) is 0.826. The molecule has 5 nitrogen and oxygen atoms in total. The molecule has 0 saturated heterocycles. The number of nitrogens with two attached hydrogens (primary N) is 1. The van der Waals surface area contributed by atoms with E-state index in [4.69, 9.17) is 5.73 Å². The summed E-state index contributed by atoms with van der Waals surface area (Å²) < 4.78 is 25.0. The number of carbonyl (C=O) groups is 1. The van der Waals surface area contributed by atoms with Gasteiger partial charge in [-0.1, -0.05) is 12.1 Å². The topological polar surface area (TPSA) is 89.3 Å². The van der Waals surface area contributed by atoms with Crippen LogP contribution in [-0.4, -0.2) is 19.6 Å². The fourth-order valence-corrected chi connectivity index (χ4v) is 1.71. The molecule has 0 heterocycles. The molecule has 94 valence electrons. The zero-order valence-electron chi connectivity index (χ0n) is 9.80. The first-order valence-electron chi connectivity index (χ1n) is 5.22. The third-order valence-corrected chi connectivity index (χ3v) is 4.02. The van der Waals surface area contributed by atoms with Gasteiger partial charge in [-0.05, 0) is 31.5 Å². The number of hydrogen-bond donors (Lipinski definition) is 2. The third kappa shape index (κ3) is 3.54. The normalized spacial score (nSPS) is 11.5. The second-order valence-corrected chi connectivity index (χ2v) is 6.16. The van der Waals surface area contributed by atoms with Crippen molar-refractivity contribution in [3.63, 3.8) is 0 Å². The van der Waals surface area contributed by atoms with Gasteiger partial charge in [0.15, 0.2) is 0 Å². The summed E-state index contributed by atoms with van der Waals surface area (Å²) >= 11 is 0. The van der Waals surface area contributed by atoms with Gasteiger partial charge in [0.25, 0.3) is 5.91 Å². The lowest BCUT2D eigenvalue weighted by Gasteiger charge is -2.09. The Labute approximate surface area is 101 Å². The molecule has 1 amide bonds. The van der Waals surface area contributed by atoms with Crippen molar-refractivity contribution < 1.29 is 13.2 Å². The number of amides is 1. The van der Waals surface area contributed by atoms with Gasteiger partial charge in [-0.25, -0.2) is 13.1 Å². The van der Waals surface area contributed by atoms with Crippen LogP contribution in [0.1, 0.15) is 29.8 Å². The summed E-state index contributed by atoms with van der Waals surface area (Å²) in [7, 11) is -3.59. The highest BCUT2D eigenvalue weighted by Crippen LogP contribution is 2.05. The molecule has 0 saturated carbocycles. The lowest BCUT2D eigenvalue weighted by molar-refractivity contribution is 0.0981. The molecule has 0 atom stereocenters. The molecular formula is C11H16N2O3S. The molecule has 3 N–H and O–H groups in total. The highest BCUT2D eigenvalue weighted by molar-refractivity contribution is 7.90. The summed E-state index contributed by atoms with van der Waals surface area (Å²) in [5.74, 6) is -0.623. The van der Waals surface area contributed by atoms with Crippen LogP contribution in [0.15, 0.2) is 24.3 Å². The minimum Gasteiger partial charge on any atom is -0.326 e. The maximum absolute atomic E-state index is 11.6. The predicted molar refractivity (Wildman–Crippen MR) is 65.9 cm³/mol. The van der Waals surface area contributed by atoms with Crippen molar-refractivity contribution in [2.45, 2.75) is 25.6 Å². The van der Waals surface area contributed by atoms with Crippen LogP contribution in [0.2, 0.25) is 0 Å². The molecule has 0 aliphatic rings. The molecule has 0 aliphatic heterocycles. The summed E-state index contributed by atoms with van der Waals surface area (Å²) in [6.07, 6.45) is 0. The van der Waals surface area contributed by atoms with Crippen LogP contribution in [0.5, 0.6) is 0 Å². The predicted octanol–water partition coefficient (Wildman–Crippen LogP) is 0.613. The van der Waals surface area contributed by atoms with E-state index in [0.29, 0.717) is 12.1 Å². The van der Waals surface area contributed by atoms with Gasteiger partial charge in [0, 0.05) is 12.1 Å². The zero-order valence-corrected chi connectivity index (χ0v) is 10.6. The highest BCUT2D eigenvalue weighted by atomic mass is 32.2. The Balaban J connectivity index is 2.84. The van der Waals surface area contributed by atoms with E-state index in [1.165, 1.54) is 13.8 Å². The second kappa shape index (κ2) is 5.29. The SMILES string of the molecule is CC(C)S(=O)(=O)NC(=O)c1ccc(CN)cc1. The van der Waals surface area contributed by atoms with Gasteiger partial charge in [0.05, 0.1) is 5.25 Å². The van der Waals surface area contributed by atoms with Gasteiger partial charge in [-0.2, -0.15) is 0 Å². The van der Waals surface area contributed by atoms with Crippen LogP contribution in [0.3, 0.4) is 0 Å². The van der Waals surface area contributed by atoms with Crippen LogP contribution >= 0.6 is 0 Å². The zero-order chi connectivity index (χ0) is 13.1. The molecular weight excluding hydrogens is 240 g/mol. The Morgan fingerprint density at radius 2 is 1.82 bits per heavy atom. The average molecular weight is 256 g/mol. The van der Waals surface area contributed by atoms with Gasteiger partial charge < -0.3 is 5.73 Å². The van der Waals surface area contributed by atoms with Crippen LogP contribution in [0.25, 0.3) is 0 Å². The third-order valence-electron chi connectivity index (χ3n) is 2.31. The highest BCUT2D eigenvalue weighted by Gasteiger charge is 2.19. The lowest BCUT2D eigenvalue weighted by Crippen LogP contribution is -2.35. The minimum atomic E-state index is -3.59. The van der Waals surface area contributed by atoms with Crippen molar-refractivity contribution in [1.82, 2.24) is 4.72 Å². The van der Waals surface area contributed by atoms with Crippen LogP contribution in [-0.2, 0) is 16.6 Å². The molecule has 0 aliphatic carbocycles. The van der Waals surface area contributed by atoms with Crippen molar-refractivity contribution in [3.05, 3.63) is 35.4 Å². The lowest BCUT2D eigenvalue weighted by atomic mass is 10.1. The van der Waals surface area contributed by atoms with E-state index in [9.17, 15) is 13.2 Å². The van der Waals surface area contributed by atoms with Crippen LogP contribution < -0.4 is 10.5 Å². The fourth-order valence-electron chi connectivity index (χ4n) is 1.10. The first kappa shape index (κ1) is 13.7. The fraction of sp³-hybridized carbons (Fsp3) is 0.364. The van der Waals surface area contributed by atoms with Crippen LogP contribution in [0, 0.1) is 0 Å². The molecule has 0 unspecified atom stereocenters. The maximum atomic E-state index is 11.6. The van der Waals surface area contributed by atoms with Crippen molar-refractivity contribution >= 4 is 15.9 Å². The summed E-state index contributed by atoms with van der Waals surface area (Å²) in [5, 5.41) is -0.644. The van der Waals surface area contributed by atoms with Crippen LogP contribution in [0.4, 0.5) is 0 Å². The molecule has 0 spiro atoms. The summed E-state index contributed by atoms with van der Waals surface area (Å²) in [6, 6.07) is 6.48. The van der Waals surface area contributed by atoms with Crippen molar-refractivity contribution in [1.29, 1.82) is 0 Å². The number of carbonyl (C=O) groups excluding carboxylic acids is 1. The van der Waals surface area contributed by atoms with E-state index < -0.39 is 21.2 Å². The number of sulfonamides is 1. The number of rotatable bonds is 4. The van der Waals surface area contributed by atoms with Gasteiger partial charge in [-0.3, -0.25) is 4.79 Å². The summed E-state index contributed by atoms with van der Waals surface area (Å²) in [5.41, 5.74) is 6.60. The Morgan fingerprint density at radius 3 is 2.24 bits per heavy atom. The van der Waals surface area contributed by atoms with Crippen molar-refractivity contribution in [3.8, 4) is 0 Å². The molecule has 1 aromatic carbocycles. The van der Waals surface area contributed by atoms with Crippen molar-refractivity contribution in [2.75, 3.05) is 0 Å². The molecule has 1 aromatic rings. The van der Waals surface area contributed by atoms with E-state index in [-0.39, 0.29) is 0 Å². The summed E-state index contributed by atoms with van der Waals surface area (Å²) in [4.78, 5) is 11.6. The molecule has 0 bridgehead atoms. The smallest absolute Gasteiger partial charge is 0.264 e. The Morgan fingerprint density at radius 1 is 1.29 bits per heavy atom. The first-order valence-corrected chi connectivity index (χ1v) is 6.76. The monoisotopic (exact) mass is 256 g/mol. The largest absolute Gasteiger partial charge is 0.326 e.